The van der Waals surface area contributed by atoms with Crippen molar-refractivity contribution in [2.24, 2.45) is 0 Å². The molecule has 1 heterocycles. The zero-order chi connectivity index (χ0) is 12.9. The van der Waals surface area contributed by atoms with Crippen LogP contribution in [0.2, 0.25) is 0 Å². The minimum Gasteiger partial charge on any atom is -0.313 e. The van der Waals surface area contributed by atoms with E-state index in [0.29, 0.717) is 0 Å². The molecule has 0 spiro atoms. The third-order valence-electron chi connectivity index (χ3n) is 4.36. The Bertz CT molecular complexity index is 392. The Morgan fingerprint density at radius 1 is 1.16 bits per heavy atom. The van der Waals surface area contributed by atoms with Crippen LogP contribution in [0.5, 0.6) is 0 Å². The van der Waals surface area contributed by atoms with E-state index in [1.165, 1.54) is 57.3 Å². The van der Waals surface area contributed by atoms with E-state index in [-0.39, 0.29) is 0 Å². The van der Waals surface area contributed by atoms with Crippen LogP contribution in [0, 0.1) is 0 Å². The van der Waals surface area contributed by atoms with Crippen molar-refractivity contribution in [3.63, 3.8) is 0 Å². The highest BCUT2D eigenvalue weighted by atomic mass is 15.1. The molecule has 0 bridgehead atoms. The van der Waals surface area contributed by atoms with Gasteiger partial charge in [0.1, 0.15) is 0 Å². The predicted molar refractivity (Wildman–Crippen MR) is 80.4 cm³/mol. The van der Waals surface area contributed by atoms with E-state index in [2.05, 4.69) is 34.5 Å². The maximum absolute atomic E-state index is 3.59. The average Bonchev–Trinajstić information content (AvgIpc) is 3.17. The van der Waals surface area contributed by atoms with Crippen LogP contribution in [-0.2, 0) is 6.54 Å². The quantitative estimate of drug-likeness (QED) is 0.756. The standard InChI is InChI=1S/C17H26N2/c1-2-11-19(10-1)12-4-9-18-14-15-5-3-6-17(13-15)16-7-8-16/h3,5-6,13,16,18H,1-2,4,7-12,14H2. The Morgan fingerprint density at radius 2 is 2.00 bits per heavy atom. The van der Waals surface area contributed by atoms with Crippen LogP contribution in [0.25, 0.3) is 0 Å². The van der Waals surface area contributed by atoms with E-state index in [1.54, 1.807) is 5.56 Å². The summed E-state index contributed by atoms with van der Waals surface area (Å²) in [7, 11) is 0. The second kappa shape index (κ2) is 6.53. The van der Waals surface area contributed by atoms with Crippen molar-refractivity contribution in [3.05, 3.63) is 35.4 Å². The van der Waals surface area contributed by atoms with Crippen LogP contribution in [0.4, 0.5) is 0 Å². The van der Waals surface area contributed by atoms with E-state index in [0.717, 1.165) is 19.0 Å². The molecule has 1 saturated heterocycles. The van der Waals surface area contributed by atoms with E-state index in [1.807, 2.05) is 0 Å². The minimum atomic E-state index is 0.870. The molecule has 1 saturated carbocycles. The van der Waals surface area contributed by atoms with Crippen LogP contribution < -0.4 is 5.32 Å². The molecule has 0 atom stereocenters. The predicted octanol–water partition coefficient (Wildman–Crippen LogP) is 3.14. The number of nitrogens with zero attached hydrogens (tertiary/aromatic N) is 1. The summed E-state index contributed by atoms with van der Waals surface area (Å²) in [5.74, 6) is 0.870. The molecule has 0 aromatic heterocycles. The first-order valence-electron chi connectivity index (χ1n) is 7.94. The average molecular weight is 258 g/mol. The summed E-state index contributed by atoms with van der Waals surface area (Å²) < 4.78 is 0. The molecule has 0 unspecified atom stereocenters. The first-order valence-corrected chi connectivity index (χ1v) is 7.94. The van der Waals surface area contributed by atoms with Gasteiger partial charge in [0.05, 0.1) is 0 Å². The maximum atomic E-state index is 3.59. The molecule has 1 aliphatic heterocycles. The highest BCUT2D eigenvalue weighted by molar-refractivity contribution is 5.29. The van der Waals surface area contributed by atoms with Crippen molar-refractivity contribution in [3.8, 4) is 0 Å². The zero-order valence-electron chi connectivity index (χ0n) is 11.9. The van der Waals surface area contributed by atoms with Gasteiger partial charge in [0, 0.05) is 6.54 Å². The number of hydrogen-bond acceptors (Lipinski definition) is 2. The summed E-state index contributed by atoms with van der Waals surface area (Å²) in [5, 5.41) is 3.59. The Kier molecular flexibility index (Phi) is 4.52. The van der Waals surface area contributed by atoms with Gasteiger partial charge in [-0.2, -0.15) is 0 Å². The fourth-order valence-corrected chi connectivity index (χ4v) is 3.04. The van der Waals surface area contributed by atoms with Gasteiger partial charge in [-0.15, -0.1) is 0 Å². The molecule has 3 rings (SSSR count). The topological polar surface area (TPSA) is 15.3 Å². The molecule has 1 aromatic rings. The van der Waals surface area contributed by atoms with Gasteiger partial charge in [0.25, 0.3) is 0 Å². The number of nitrogens with one attached hydrogen (secondary N) is 1. The first kappa shape index (κ1) is 13.1. The molecule has 104 valence electrons. The minimum absolute atomic E-state index is 0.870. The van der Waals surface area contributed by atoms with Gasteiger partial charge in [-0.1, -0.05) is 24.3 Å². The normalized spacial score (nSPS) is 20.0. The summed E-state index contributed by atoms with van der Waals surface area (Å²) in [6, 6.07) is 9.15. The lowest BCUT2D eigenvalue weighted by atomic mass is 10.1. The monoisotopic (exact) mass is 258 g/mol. The zero-order valence-corrected chi connectivity index (χ0v) is 11.9. The molecule has 1 N–H and O–H groups in total. The van der Waals surface area contributed by atoms with Crippen LogP contribution in [-0.4, -0.2) is 31.1 Å². The van der Waals surface area contributed by atoms with Gasteiger partial charge in [-0.05, 0) is 75.3 Å². The fraction of sp³-hybridized carbons (Fsp3) is 0.647. The largest absolute Gasteiger partial charge is 0.313 e. The molecule has 2 fully saturated rings. The summed E-state index contributed by atoms with van der Waals surface area (Å²) in [5.41, 5.74) is 3.00. The number of benzene rings is 1. The lowest BCUT2D eigenvalue weighted by Gasteiger charge is -2.14. The molecular weight excluding hydrogens is 232 g/mol. The summed E-state index contributed by atoms with van der Waals surface area (Å²) >= 11 is 0. The Labute approximate surface area is 117 Å². The van der Waals surface area contributed by atoms with Crippen molar-refractivity contribution >= 4 is 0 Å². The summed E-state index contributed by atoms with van der Waals surface area (Å²) in [4.78, 5) is 2.59. The third-order valence-corrected chi connectivity index (χ3v) is 4.36. The molecule has 1 aliphatic carbocycles. The highest BCUT2D eigenvalue weighted by Crippen LogP contribution is 2.40. The molecule has 2 heteroatoms. The Hall–Kier alpha value is -0.860. The van der Waals surface area contributed by atoms with Crippen LogP contribution in [0.3, 0.4) is 0 Å². The van der Waals surface area contributed by atoms with Crippen LogP contribution >= 0.6 is 0 Å². The molecular formula is C17H26N2. The number of rotatable bonds is 7. The molecule has 2 aliphatic rings. The van der Waals surface area contributed by atoms with Crippen molar-refractivity contribution < 1.29 is 0 Å². The molecule has 19 heavy (non-hydrogen) atoms. The van der Waals surface area contributed by atoms with Crippen molar-refractivity contribution in [1.29, 1.82) is 0 Å². The van der Waals surface area contributed by atoms with Gasteiger partial charge in [0.15, 0.2) is 0 Å². The lowest BCUT2D eigenvalue weighted by Crippen LogP contribution is -2.24. The molecule has 2 nitrogen and oxygen atoms in total. The second-order valence-corrected chi connectivity index (χ2v) is 6.10. The number of likely N-dealkylation sites (tertiary alicyclic amines) is 1. The smallest absolute Gasteiger partial charge is 0.0205 e. The Morgan fingerprint density at radius 3 is 2.79 bits per heavy atom. The summed E-state index contributed by atoms with van der Waals surface area (Å²) in [6.45, 7) is 6.09. The highest BCUT2D eigenvalue weighted by Gasteiger charge is 2.23. The van der Waals surface area contributed by atoms with E-state index in [4.69, 9.17) is 0 Å². The van der Waals surface area contributed by atoms with E-state index >= 15 is 0 Å². The van der Waals surface area contributed by atoms with Crippen LogP contribution in [0.1, 0.15) is 49.1 Å². The second-order valence-electron chi connectivity index (χ2n) is 6.10. The van der Waals surface area contributed by atoms with Gasteiger partial charge in [-0.25, -0.2) is 0 Å². The first-order chi connectivity index (χ1) is 9.42. The van der Waals surface area contributed by atoms with E-state index in [9.17, 15) is 0 Å². The van der Waals surface area contributed by atoms with Crippen molar-refractivity contribution in [2.45, 2.75) is 44.6 Å². The Balaban J connectivity index is 1.33. The van der Waals surface area contributed by atoms with Crippen molar-refractivity contribution in [2.75, 3.05) is 26.2 Å². The van der Waals surface area contributed by atoms with Crippen LogP contribution in [0.15, 0.2) is 24.3 Å². The van der Waals surface area contributed by atoms with E-state index < -0.39 is 0 Å². The SMILES string of the molecule is c1cc(CNCCCN2CCCC2)cc(C2CC2)c1. The third kappa shape index (κ3) is 4.05. The molecule has 1 aromatic carbocycles. The molecule has 0 radical (unpaired) electrons. The van der Waals surface area contributed by atoms with Gasteiger partial charge in [-0.3, -0.25) is 0 Å². The summed E-state index contributed by atoms with van der Waals surface area (Å²) in [6.07, 6.45) is 6.88. The van der Waals surface area contributed by atoms with Gasteiger partial charge >= 0.3 is 0 Å². The van der Waals surface area contributed by atoms with Crippen molar-refractivity contribution in [1.82, 2.24) is 10.2 Å². The lowest BCUT2D eigenvalue weighted by molar-refractivity contribution is 0.331. The maximum Gasteiger partial charge on any atom is 0.0205 e. The molecule has 0 amide bonds. The van der Waals surface area contributed by atoms with Gasteiger partial charge < -0.3 is 10.2 Å². The fourth-order valence-electron chi connectivity index (χ4n) is 3.04. The van der Waals surface area contributed by atoms with Gasteiger partial charge in [0.2, 0.25) is 0 Å². The number of hydrogen-bond donors (Lipinski definition) is 1.